The van der Waals surface area contributed by atoms with E-state index in [1.54, 1.807) is 19.1 Å². The first kappa shape index (κ1) is 17.5. The van der Waals surface area contributed by atoms with Crippen LogP contribution in [-0.4, -0.2) is 41.0 Å². The van der Waals surface area contributed by atoms with Crippen LogP contribution in [0.15, 0.2) is 30.5 Å². The zero-order chi connectivity index (χ0) is 17.9. The van der Waals surface area contributed by atoms with Gasteiger partial charge in [0.2, 0.25) is 0 Å². The number of nitrogens with zero attached hydrogens (tertiary/aromatic N) is 2. The van der Waals surface area contributed by atoms with Gasteiger partial charge in [-0.1, -0.05) is 12.1 Å². The maximum absolute atomic E-state index is 12.4. The summed E-state index contributed by atoms with van der Waals surface area (Å²) in [4.78, 5) is 28.6. The number of hydrogen-bond donors (Lipinski definition) is 1. The van der Waals surface area contributed by atoms with E-state index < -0.39 is 5.97 Å². The molecular weight excluding hydrogens is 308 g/mol. The standard InChI is InChI=1S/C18H20N2O4/c1-11-7-13(8-12(2)16(11)24-4)10-20(3)17(21)14-5-6-15(18(22)23)19-9-14/h5-9H,10H2,1-4H3,(H,22,23). The molecule has 0 bridgehead atoms. The third-order valence-electron chi connectivity index (χ3n) is 3.72. The van der Waals surface area contributed by atoms with E-state index in [4.69, 9.17) is 9.84 Å². The third kappa shape index (κ3) is 3.71. The van der Waals surface area contributed by atoms with Crippen LogP contribution in [0.25, 0.3) is 0 Å². The average molecular weight is 328 g/mol. The average Bonchev–Trinajstić information content (AvgIpc) is 2.54. The Labute approximate surface area is 140 Å². The minimum Gasteiger partial charge on any atom is -0.496 e. The van der Waals surface area contributed by atoms with E-state index in [9.17, 15) is 9.59 Å². The van der Waals surface area contributed by atoms with Crippen LogP contribution >= 0.6 is 0 Å². The number of carboxylic acids is 1. The lowest BCUT2D eigenvalue weighted by atomic mass is 10.1. The van der Waals surface area contributed by atoms with Gasteiger partial charge in [0.25, 0.3) is 5.91 Å². The molecule has 24 heavy (non-hydrogen) atoms. The van der Waals surface area contributed by atoms with Gasteiger partial charge < -0.3 is 14.7 Å². The van der Waals surface area contributed by atoms with E-state index >= 15 is 0 Å². The van der Waals surface area contributed by atoms with Crippen LogP contribution in [0.2, 0.25) is 0 Å². The highest BCUT2D eigenvalue weighted by molar-refractivity contribution is 5.94. The maximum atomic E-state index is 12.4. The zero-order valence-corrected chi connectivity index (χ0v) is 14.2. The molecular formula is C18H20N2O4. The Morgan fingerprint density at radius 3 is 2.29 bits per heavy atom. The number of carboxylic acid groups (broad SMARTS) is 1. The molecule has 0 saturated carbocycles. The summed E-state index contributed by atoms with van der Waals surface area (Å²) in [5.41, 5.74) is 3.29. The zero-order valence-electron chi connectivity index (χ0n) is 14.2. The SMILES string of the molecule is COc1c(C)cc(CN(C)C(=O)c2ccc(C(=O)O)nc2)cc1C. The number of aromatic carboxylic acids is 1. The highest BCUT2D eigenvalue weighted by Crippen LogP contribution is 2.25. The molecule has 0 radical (unpaired) electrons. The Morgan fingerprint density at radius 2 is 1.83 bits per heavy atom. The molecule has 1 heterocycles. The molecule has 0 aliphatic rings. The summed E-state index contributed by atoms with van der Waals surface area (Å²) in [5, 5.41) is 8.84. The van der Waals surface area contributed by atoms with E-state index in [1.165, 1.54) is 18.3 Å². The number of amides is 1. The van der Waals surface area contributed by atoms with Crippen molar-refractivity contribution in [2.75, 3.05) is 14.2 Å². The first-order valence-electron chi connectivity index (χ1n) is 7.42. The molecule has 2 rings (SSSR count). The number of aryl methyl sites for hydroxylation is 2. The second-order valence-corrected chi connectivity index (χ2v) is 5.66. The van der Waals surface area contributed by atoms with Crippen molar-refractivity contribution in [3.63, 3.8) is 0 Å². The van der Waals surface area contributed by atoms with Gasteiger partial charge in [0.15, 0.2) is 0 Å². The number of rotatable bonds is 5. The molecule has 0 fully saturated rings. The predicted molar refractivity (Wildman–Crippen MR) is 89.5 cm³/mol. The summed E-state index contributed by atoms with van der Waals surface area (Å²) < 4.78 is 5.35. The Balaban J connectivity index is 2.15. The monoisotopic (exact) mass is 328 g/mol. The van der Waals surface area contributed by atoms with Gasteiger partial charge >= 0.3 is 5.97 Å². The lowest BCUT2D eigenvalue weighted by molar-refractivity contribution is 0.0688. The normalized spacial score (nSPS) is 10.3. The quantitative estimate of drug-likeness (QED) is 0.913. The number of pyridine rings is 1. The Kier molecular flexibility index (Phi) is 5.18. The van der Waals surface area contributed by atoms with Crippen LogP contribution < -0.4 is 4.74 Å². The molecule has 1 aromatic carbocycles. The van der Waals surface area contributed by atoms with Gasteiger partial charge in [0, 0.05) is 19.8 Å². The van der Waals surface area contributed by atoms with Crippen molar-refractivity contribution in [2.24, 2.45) is 0 Å². The van der Waals surface area contributed by atoms with Crippen LogP contribution in [-0.2, 0) is 6.54 Å². The van der Waals surface area contributed by atoms with Crippen molar-refractivity contribution < 1.29 is 19.4 Å². The number of hydrogen-bond acceptors (Lipinski definition) is 4. The molecule has 6 heteroatoms. The van der Waals surface area contributed by atoms with E-state index in [1.807, 2.05) is 26.0 Å². The van der Waals surface area contributed by atoms with Crippen molar-refractivity contribution in [3.8, 4) is 5.75 Å². The first-order chi connectivity index (χ1) is 11.3. The fourth-order valence-electron chi connectivity index (χ4n) is 2.67. The molecule has 0 unspecified atom stereocenters. The molecule has 0 spiro atoms. The molecule has 0 aliphatic carbocycles. The number of methoxy groups -OCH3 is 1. The predicted octanol–water partition coefficient (Wildman–Crippen LogP) is 2.68. The summed E-state index contributed by atoms with van der Waals surface area (Å²) in [6, 6.07) is 6.77. The summed E-state index contributed by atoms with van der Waals surface area (Å²) in [6.07, 6.45) is 1.28. The van der Waals surface area contributed by atoms with Crippen LogP contribution in [0.3, 0.4) is 0 Å². The summed E-state index contributed by atoms with van der Waals surface area (Å²) >= 11 is 0. The van der Waals surface area contributed by atoms with Gasteiger partial charge in [-0.05, 0) is 42.7 Å². The Bertz CT molecular complexity index is 746. The van der Waals surface area contributed by atoms with Gasteiger partial charge in [-0.15, -0.1) is 0 Å². The third-order valence-corrected chi connectivity index (χ3v) is 3.72. The molecule has 0 saturated heterocycles. The lowest BCUT2D eigenvalue weighted by Crippen LogP contribution is -2.26. The number of carbonyl (C=O) groups excluding carboxylic acids is 1. The second kappa shape index (κ2) is 7.12. The lowest BCUT2D eigenvalue weighted by Gasteiger charge is -2.19. The number of carbonyl (C=O) groups is 2. The highest BCUT2D eigenvalue weighted by Gasteiger charge is 2.15. The van der Waals surface area contributed by atoms with Crippen LogP contribution in [0.4, 0.5) is 0 Å². The molecule has 126 valence electrons. The molecule has 0 aliphatic heterocycles. The number of ether oxygens (including phenoxy) is 1. The minimum atomic E-state index is -1.12. The summed E-state index contributed by atoms with van der Waals surface area (Å²) in [5.74, 6) is -0.488. The van der Waals surface area contributed by atoms with E-state index in [0.29, 0.717) is 12.1 Å². The minimum absolute atomic E-state index is 0.0874. The fraction of sp³-hybridized carbons (Fsp3) is 0.278. The van der Waals surface area contributed by atoms with Gasteiger partial charge in [-0.3, -0.25) is 4.79 Å². The van der Waals surface area contributed by atoms with Gasteiger partial charge in [0.1, 0.15) is 11.4 Å². The van der Waals surface area contributed by atoms with Crippen LogP contribution in [0, 0.1) is 13.8 Å². The molecule has 2 aromatic rings. The highest BCUT2D eigenvalue weighted by atomic mass is 16.5. The Hall–Kier alpha value is -2.89. The second-order valence-electron chi connectivity index (χ2n) is 5.66. The van der Waals surface area contributed by atoms with Crippen molar-refractivity contribution >= 4 is 11.9 Å². The molecule has 1 N–H and O–H groups in total. The first-order valence-corrected chi connectivity index (χ1v) is 7.42. The van der Waals surface area contributed by atoms with Crippen molar-refractivity contribution in [2.45, 2.75) is 20.4 Å². The van der Waals surface area contributed by atoms with Crippen molar-refractivity contribution in [1.82, 2.24) is 9.88 Å². The maximum Gasteiger partial charge on any atom is 0.354 e. The van der Waals surface area contributed by atoms with Gasteiger partial charge in [-0.25, -0.2) is 9.78 Å². The molecule has 1 aromatic heterocycles. The van der Waals surface area contributed by atoms with Crippen molar-refractivity contribution in [1.29, 1.82) is 0 Å². The van der Waals surface area contributed by atoms with Crippen molar-refractivity contribution in [3.05, 3.63) is 58.4 Å². The fourth-order valence-corrected chi connectivity index (χ4v) is 2.67. The van der Waals surface area contributed by atoms with Gasteiger partial charge in [0.05, 0.1) is 12.7 Å². The molecule has 6 nitrogen and oxygen atoms in total. The van der Waals surface area contributed by atoms with E-state index in [-0.39, 0.29) is 11.6 Å². The topological polar surface area (TPSA) is 79.7 Å². The number of aromatic nitrogens is 1. The number of benzene rings is 1. The molecule has 0 atom stereocenters. The van der Waals surface area contributed by atoms with Crippen LogP contribution in [0.1, 0.15) is 37.5 Å². The smallest absolute Gasteiger partial charge is 0.354 e. The van der Waals surface area contributed by atoms with E-state index in [0.717, 1.165) is 22.4 Å². The van der Waals surface area contributed by atoms with Gasteiger partial charge in [-0.2, -0.15) is 0 Å². The largest absolute Gasteiger partial charge is 0.496 e. The van der Waals surface area contributed by atoms with Crippen LogP contribution in [0.5, 0.6) is 5.75 Å². The summed E-state index contributed by atoms with van der Waals surface area (Å²) in [6.45, 7) is 4.36. The molecule has 1 amide bonds. The van der Waals surface area contributed by atoms with E-state index in [2.05, 4.69) is 4.98 Å². The summed E-state index contributed by atoms with van der Waals surface area (Å²) in [7, 11) is 3.33. The Morgan fingerprint density at radius 1 is 1.21 bits per heavy atom.